The van der Waals surface area contributed by atoms with Crippen LogP contribution in [-0.4, -0.2) is 51.2 Å². The van der Waals surface area contributed by atoms with Gasteiger partial charge in [-0.2, -0.15) is 5.10 Å². The normalized spacial score (nSPS) is 22.1. The predicted octanol–water partition coefficient (Wildman–Crippen LogP) is 2.69. The quantitative estimate of drug-likeness (QED) is 0.896. The van der Waals surface area contributed by atoms with E-state index in [4.69, 9.17) is 5.10 Å². The van der Waals surface area contributed by atoms with Crippen molar-refractivity contribution in [2.24, 2.45) is 0 Å². The molecule has 6 nitrogen and oxygen atoms in total. The minimum absolute atomic E-state index is 0.00596. The lowest BCUT2D eigenvalue weighted by molar-refractivity contribution is -0.118. The molecule has 2 aliphatic rings. The van der Waals surface area contributed by atoms with Gasteiger partial charge >= 0.3 is 0 Å². The van der Waals surface area contributed by atoms with Gasteiger partial charge in [0.05, 0.1) is 12.2 Å². The molecule has 0 radical (unpaired) electrons. The number of likely N-dealkylation sites (tertiary alicyclic amines) is 1. The van der Waals surface area contributed by atoms with Crippen LogP contribution >= 0.6 is 0 Å². The highest BCUT2D eigenvalue weighted by atomic mass is 16.1. The minimum Gasteiger partial charge on any atom is -0.354 e. The Labute approximate surface area is 155 Å². The smallest absolute Gasteiger partial charge is 0.216 e. The Bertz CT molecular complexity index is 765. The maximum Gasteiger partial charge on any atom is 0.216 e. The summed E-state index contributed by atoms with van der Waals surface area (Å²) in [4.78, 5) is 18.4. The number of nitrogens with one attached hydrogen (secondary N) is 1. The second kappa shape index (κ2) is 7.74. The highest BCUT2D eigenvalue weighted by Gasteiger charge is 2.32. The van der Waals surface area contributed by atoms with Gasteiger partial charge in [-0.05, 0) is 37.9 Å². The standard InChI is InChI=1S/C20H29N5O/c1-15(26)21-11-13-25-20-18(8-5-10-22-20)19(23-25)16-9-12-24(14-16)17-6-3-2-4-7-17/h5,8,10,16-17H,2-4,6-7,9,11-14H2,1H3,(H,21,26)/t16-/m1/s1. The van der Waals surface area contributed by atoms with Gasteiger partial charge in [0, 0.05) is 43.6 Å². The van der Waals surface area contributed by atoms with E-state index < -0.39 is 0 Å². The van der Waals surface area contributed by atoms with Crippen molar-refractivity contribution >= 4 is 16.9 Å². The van der Waals surface area contributed by atoms with Gasteiger partial charge in [0.25, 0.3) is 0 Å². The molecule has 140 valence electrons. The van der Waals surface area contributed by atoms with Crippen molar-refractivity contribution < 1.29 is 4.79 Å². The van der Waals surface area contributed by atoms with Gasteiger partial charge in [-0.25, -0.2) is 9.67 Å². The molecule has 1 atom stereocenters. The molecule has 2 fully saturated rings. The maximum absolute atomic E-state index is 11.1. The van der Waals surface area contributed by atoms with Crippen LogP contribution < -0.4 is 5.32 Å². The van der Waals surface area contributed by atoms with Crippen LogP contribution in [0.15, 0.2) is 18.3 Å². The molecule has 0 bridgehead atoms. The molecule has 2 aromatic heterocycles. The third-order valence-corrected chi connectivity index (χ3v) is 5.93. The fourth-order valence-electron chi connectivity index (χ4n) is 4.62. The van der Waals surface area contributed by atoms with Gasteiger partial charge in [-0.3, -0.25) is 9.69 Å². The number of nitrogens with zero attached hydrogens (tertiary/aromatic N) is 4. The number of rotatable bonds is 5. The number of fused-ring (bicyclic) bond motifs is 1. The summed E-state index contributed by atoms with van der Waals surface area (Å²) in [6.45, 7) is 5.10. The second-order valence-electron chi connectivity index (χ2n) is 7.74. The molecule has 2 aromatic rings. The summed E-state index contributed by atoms with van der Waals surface area (Å²) < 4.78 is 1.96. The highest BCUT2D eigenvalue weighted by Crippen LogP contribution is 2.34. The van der Waals surface area contributed by atoms with E-state index in [0.717, 1.165) is 18.2 Å². The van der Waals surface area contributed by atoms with E-state index in [1.54, 1.807) is 6.92 Å². The Morgan fingerprint density at radius 1 is 1.27 bits per heavy atom. The molecule has 6 heteroatoms. The first-order chi connectivity index (χ1) is 12.7. The zero-order valence-electron chi connectivity index (χ0n) is 15.7. The van der Waals surface area contributed by atoms with E-state index in [1.807, 2.05) is 16.9 Å². The first-order valence-corrected chi connectivity index (χ1v) is 10.0. The number of carbonyl (C=O) groups is 1. The molecule has 1 aliphatic carbocycles. The fraction of sp³-hybridized carbons (Fsp3) is 0.650. The SMILES string of the molecule is CC(=O)NCCn1nc([C@@H]2CCN(C3CCCCC3)C2)c2cccnc21. The molecule has 4 rings (SSSR count). The summed E-state index contributed by atoms with van der Waals surface area (Å²) in [5, 5.41) is 8.95. The molecule has 3 heterocycles. The number of carbonyl (C=O) groups excluding carboxylic acids is 1. The monoisotopic (exact) mass is 355 g/mol. The average molecular weight is 355 g/mol. The Kier molecular flexibility index (Phi) is 5.20. The van der Waals surface area contributed by atoms with Crippen molar-refractivity contribution in [2.75, 3.05) is 19.6 Å². The number of aromatic nitrogens is 3. The third kappa shape index (κ3) is 3.61. The molecular formula is C20H29N5O. The molecule has 1 amide bonds. The molecule has 26 heavy (non-hydrogen) atoms. The molecule has 1 saturated heterocycles. The third-order valence-electron chi connectivity index (χ3n) is 5.93. The van der Waals surface area contributed by atoms with E-state index in [-0.39, 0.29) is 5.91 Å². The van der Waals surface area contributed by atoms with Gasteiger partial charge in [-0.15, -0.1) is 0 Å². The lowest BCUT2D eigenvalue weighted by atomic mass is 9.94. The Hall–Kier alpha value is -1.95. The van der Waals surface area contributed by atoms with Crippen LogP contribution in [0.25, 0.3) is 11.0 Å². The minimum atomic E-state index is -0.00596. The van der Waals surface area contributed by atoms with Gasteiger partial charge in [-0.1, -0.05) is 19.3 Å². The molecule has 0 unspecified atom stereocenters. The van der Waals surface area contributed by atoms with Gasteiger partial charge < -0.3 is 5.32 Å². The summed E-state index contributed by atoms with van der Waals surface area (Å²) in [5.74, 6) is 0.485. The topological polar surface area (TPSA) is 63.1 Å². The summed E-state index contributed by atoms with van der Waals surface area (Å²) >= 11 is 0. The first-order valence-electron chi connectivity index (χ1n) is 10.0. The summed E-state index contributed by atoms with van der Waals surface area (Å²) in [7, 11) is 0. The summed E-state index contributed by atoms with van der Waals surface area (Å²) in [6, 6.07) is 4.92. The Morgan fingerprint density at radius 3 is 2.92 bits per heavy atom. The highest BCUT2D eigenvalue weighted by molar-refractivity contribution is 5.79. The van der Waals surface area contributed by atoms with Gasteiger partial charge in [0.2, 0.25) is 5.91 Å². The first kappa shape index (κ1) is 17.5. The van der Waals surface area contributed by atoms with Crippen LogP contribution in [0.2, 0.25) is 0 Å². The Morgan fingerprint density at radius 2 is 2.12 bits per heavy atom. The molecule has 0 spiro atoms. The van der Waals surface area contributed by atoms with E-state index in [2.05, 4.69) is 21.3 Å². The van der Waals surface area contributed by atoms with E-state index in [9.17, 15) is 4.79 Å². The summed E-state index contributed by atoms with van der Waals surface area (Å²) in [5.41, 5.74) is 2.12. The molecular weight excluding hydrogens is 326 g/mol. The number of pyridine rings is 1. The van der Waals surface area contributed by atoms with Crippen molar-refractivity contribution in [3.8, 4) is 0 Å². The van der Waals surface area contributed by atoms with Gasteiger partial charge in [0.15, 0.2) is 5.65 Å². The van der Waals surface area contributed by atoms with Crippen molar-refractivity contribution in [2.45, 2.75) is 64.0 Å². The molecule has 1 aliphatic heterocycles. The van der Waals surface area contributed by atoms with E-state index in [0.29, 0.717) is 19.0 Å². The van der Waals surface area contributed by atoms with Crippen LogP contribution in [0.5, 0.6) is 0 Å². The molecule has 0 aromatic carbocycles. The van der Waals surface area contributed by atoms with Crippen LogP contribution in [0.3, 0.4) is 0 Å². The van der Waals surface area contributed by atoms with Crippen molar-refractivity contribution in [1.29, 1.82) is 0 Å². The van der Waals surface area contributed by atoms with Crippen LogP contribution in [0.4, 0.5) is 0 Å². The molecule has 1 N–H and O–H groups in total. The number of hydrogen-bond donors (Lipinski definition) is 1. The molecule has 1 saturated carbocycles. The van der Waals surface area contributed by atoms with Crippen molar-refractivity contribution in [1.82, 2.24) is 25.0 Å². The zero-order chi connectivity index (χ0) is 17.9. The predicted molar refractivity (Wildman–Crippen MR) is 102 cm³/mol. The average Bonchev–Trinajstić information content (AvgIpc) is 3.28. The lowest BCUT2D eigenvalue weighted by Crippen LogP contribution is -2.34. The van der Waals surface area contributed by atoms with Crippen molar-refractivity contribution in [3.05, 3.63) is 24.0 Å². The van der Waals surface area contributed by atoms with Crippen LogP contribution in [0, 0.1) is 0 Å². The van der Waals surface area contributed by atoms with E-state index >= 15 is 0 Å². The number of hydrogen-bond acceptors (Lipinski definition) is 4. The van der Waals surface area contributed by atoms with Crippen molar-refractivity contribution in [3.63, 3.8) is 0 Å². The lowest BCUT2D eigenvalue weighted by Gasteiger charge is -2.30. The van der Waals surface area contributed by atoms with Gasteiger partial charge in [0.1, 0.15) is 0 Å². The second-order valence-corrected chi connectivity index (χ2v) is 7.74. The largest absolute Gasteiger partial charge is 0.354 e. The van der Waals surface area contributed by atoms with Crippen LogP contribution in [-0.2, 0) is 11.3 Å². The Balaban J connectivity index is 1.52. The van der Waals surface area contributed by atoms with Crippen LogP contribution in [0.1, 0.15) is 57.1 Å². The zero-order valence-corrected chi connectivity index (χ0v) is 15.7. The number of amides is 1. The fourth-order valence-corrected chi connectivity index (χ4v) is 4.62. The summed E-state index contributed by atoms with van der Waals surface area (Å²) in [6.07, 6.45) is 9.91. The maximum atomic E-state index is 11.1. The van der Waals surface area contributed by atoms with E-state index in [1.165, 1.54) is 56.1 Å².